The van der Waals surface area contributed by atoms with Crippen LogP contribution >= 0.6 is 11.6 Å². The smallest absolute Gasteiger partial charge is 0.417 e. The standard InChI is InChI=1S/C35H28ClN9O9/c36-23-12-15-28(43-20-37-41-42-43)26(17-23)40-45(30(47)19-46)29(16-21-10-13-24(14-11-21)38-33(51)54-25-7-2-1-3-8-25)31(48)39-35(32(49)50)18-22-6-4-5-9-27(22)44(35)34(52)53/h1-15,17,19-20,29,40H,16,18H2,(H,38,51)(H,39,48)(H,49,50)(H,52,53). The summed E-state index contributed by atoms with van der Waals surface area (Å²) in [6, 6.07) is 23.0. The number of ether oxygens (including phenoxy) is 1. The molecule has 0 fully saturated rings. The molecule has 5 N–H and O–H groups in total. The number of para-hydroxylation sites is 2. The van der Waals surface area contributed by atoms with E-state index in [1.165, 1.54) is 71.7 Å². The number of aldehydes is 1. The van der Waals surface area contributed by atoms with E-state index in [-0.39, 0.29) is 34.8 Å². The van der Waals surface area contributed by atoms with E-state index in [1.54, 1.807) is 36.4 Å². The van der Waals surface area contributed by atoms with E-state index in [1.807, 2.05) is 0 Å². The van der Waals surface area contributed by atoms with Crippen molar-refractivity contribution in [2.24, 2.45) is 0 Å². The molecule has 54 heavy (non-hydrogen) atoms. The van der Waals surface area contributed by atoms with Gasteiger partial charge in [-0.05, 0) is 70.1 Å². The van der Waals surface area contributed by atoms with Gasteiger partial charge in [-0.2, -0.15) is 4.68 Å². The van der Waals surface area contributed by atoms with Crippen molar-refractivity contribution in [1.82, 2.24) is 30.5 Å². The SMILES string of the molecule is O=CC(=O)N(Nc1cc(Cl)ccc1-n1cnnn1)C(Cc1ccc(NC(=O)Oc2ccccc2)cc1)C(=O)NC1(C(=O)O)Cc2ccccc2N1C(=O)O. The number of tetrazole rings is 1. The molecule has 274 valence electrons. The maximum absolute atomic E-state index is 14.5. The number of rotatable bonds is 12. The number of hydrogen-bond donors (Lipinski definition) is 5. The Kier molecular flexibility index (Phi) is 10.5. The molecule has 1 aromatic heterocycles. The average molecular weight is 754 g/mol. The summed E-state index contributed by atoms with van der Waals surface area (Å²) in [7, 11) is 0. The number of carboxylic acid groups (broad SMARTS) is 2. The number of nitrogens with one attached hydrogen (secondary N) is 3. The first-order valence-corrected chi connectivity index (χ1v) is 16.2. The number of aliphatic carboxylic acids is 1. The van der Waals surface area contributed by atoms with Crippen LogP contribution in [0.1, 0.15) is 11.1 Å². The van der Waals surface area contributed by atoms with Gasteiger partial charge >= 0.3 is 24.1 Å². The number of aromatic nitrogens is 4. The number of hydrazine groups is 1. The first-order valence-electron chi connectivity index (χ1n) is 15.9. The average Bonchev–Trinajstić information content (AvgIpc) is 3.81. The third kappa shape index (κ3) is 7.63. The molecule has 2 unspecified atom stereocenters. The fourth-order valence-corrected chi connectivity index (χ4v) is 6.02. The second-order valence-electron chi connectivity index (χ2n) is 11.7. The first kappa shape index (κ1) is 36.5. The quantitative estimate of drug-likeness (QED) is 0.0697. The summed E-state index contributed by atoms with van der Waals surface area (Å²) in [6.45, 7) is 0. The van der Waals surface area contributed by atoms with Gasteiger partial charge in [0.25, 0.3) is 0 Å². The number of fused-ring (bicyclic) bond motifs is 1. The number of amides is 4. The van der Waals surface area contributed by atoms with Gasteiger partial charge < -0.3 is 20.3 Å². The van der Waals surface area contributed by atoms with Crippen molar-refractivity contribution < 1.29 is 43.7 Å². The lowest BCUT2D eigenvalue weighted by Gasteiger charge is -2.37. The lowest BCUT2D eigenvalue weighted by molar-refractivity contribution is -0.149. The number of carbonyl (C=O) groups excluding carboxylic acids is 4. The van der Waals surface area contributed by atoms with E-state index in [0.717, 1.165) is 0 Å². The molecular formula is C35H28ClN9O9. The molecule has 5 aromatic rings. The first-order chi connectivity index (χ1) is 26.0. The maximum Gasteiger partial charge on any atom is 0.417 e. The Labute approximate surface area is 309 Å². The molecule has 4 amide bonds. The molecule has 0 bridgehead atoms. The van der Waals surface area contributed by atoms with Crippen molar-refractivity contribution in [3.63, 3.8) is 0 Å². The highest BCUT2D eigenvalue weighted by molar-refractivity contribution is 6.31. The zero-order valence-corrected chi connectivity index (χ0v) is 28.5. The molecule has 6 rings (SSSR count). The number of halogens is 1. The Morgan fingerprint density at radius 1 is 0.944 bits per heavy atom. The summed E-state index contributed by atoms with van der Waals surface area (Å²) in [5, 5.41) is 37.5. The van der Waals surface area contributed by atoms with Crippen LogP contribution in [0.3, 0.4) is 0 Å². The minimum Gasteiger partial charge on any atom is -0.478 e. The molecule has 0 radical (unpaired) electrons. The molecule has 19 heteroatoms. The van der Waals surface area contributed by atoms with Crippen LogP contribution in [0.2, 0.25) is 5.02 Å². The number of carboxylic acids is 1. The van der Waals surface area contributed by atoms with Crippen molar-refractivity contribution in [2.75, 3.05) is 15.6 Å². The van der Waals surface area contributed by atoms with Gasteiger partial charge in [0, 0.05) is 23.6 Å². The van der Waals surface area contributed by atoms with E-state index >= 15 is 0 Å². The third-order valence-corrected chi connectivity index (χ3v) is 8.50. The molecule has 2 heterocycles. The number of benzene rings is 4. The predicted octanol–water partition coefficient (Wildman–Crippen LogP) is 3.53. The normalized spacial score (nSPS) is 14.9. The van der Waals surface area contributed by atoms with Crippen LogP contribution in [-0.2, 0) is 32.0 Å². The number of carbonyl (C=O) groups is 6. The summed E-state index contributed by atoms with van der Waals surface area (Å²) in [6.07, 6.45) is -2.11. The Morgan fingerprint density at radius 2 is 1.67 bits per heavy atom. The Balaban J connectivity index is 1.36. The van der Waals surface area contributed by atoms with Crippen LogP contribution in [0.15, 0.2) is 103 Å². The molecule has 0 aliphatic carbocycles. The van der Waals surface area contributed by atoms with Gasteiger partial charge in [0.05, 0.1) is 17.1 Å². The van der Waals surface area contributed by atoms with Crippen LogP contribution in [0.5, 0.6) is 5.75 Å². The van der Waals surface area contributed by atoms with Crippen molar-refractivity contribution in [3.05, 3.63) is 120 Å². The highest BCUT2D eigenvalue weighted by atomic mass is 35.5. The van der Waals surface area contributed by atoms with Gasteiger partial charge in [-0.15, -0.1) is 5.10 Å². The van der Waals surface area contributed by atoms with Crippen LogP contribution in [-0.4, -0.2) is 83.4 Å². The Morgan fingerprint density at radius 3 is 2.33 bits per heavy atom. The summed E-state index contributed by atoms with van der Waals surface area (Å²) in [5.74, 6) is -3.82. The summed E-state index contributed by atoms with van der Waals surface area (Å²) in [5.41, 5.74) is 1.49. The number of anilines is 3. The van der Waals surface area contributed by atoms with Crippen LogP contribution in [0.4, 0.5) is 26.7 Å². The predicted molar refractivity (Wildman–Crippen MR) is 190 cm³/mol. The van der Waals surface area contributed by atoms with Crippen LogP contribution < -0.4 is 25.7 Å². The largest absolute Gasteiger partial charge is 0.478 e. The van der Waals surface area contributed by atoms with Gasteiger partial charge in [0.1, 0.15) is 18.1 Å². The molecule has 0 spiro atoms. The second kappa shape index (κ2) is 15.5. The molecule has 0 saturated heterocycles. The lowest BCUT2D eigenvalue weighted by atomic mass is 10.0. The van der Waals surface area contributed by atoms with Crippen LogP contribution in [0, 0.1) is 0 Å². The lowest BCUT2D eigenvalue weighted by Crippen LogP contribution is -2.69. The number of hydrogen-bond acceptors (Lipinski definition) is 11. The minimum absolute atomic E-state index is 0.0297. The molecule has 1 aliphatic heterocycles. The van der Waals surface area contributed by atoms with E-state index in [4.69, 9.17) is 16.3 Å². The summed E-state index contributed by atoms with van der Waals surface area (Å²) in [4.78, 5) is 78.5. The minimum atomic E-state index is -2.55. The van der Waals surface area contributed by atoms with Crippen molar-refractivity contribution >= 4 is 64.9 Å². The van der Waals surface area contributed by atoms with E-state index < -0.39 is 48.1 Å². The van der Waals surface area contributed by atoms with Crippen molar-refractivity contribution in [3.8, 4) is 11.4 Å². The zero-order valence-electron chi connectivity index (χ0n) is 27.7. The maximum atomic E-state index is 14.5. The Hall–Kier alpha value is -7.34. The number of nitrogens with zero attached hydrogens (tertiary/aromatic N) is 6. The van der Waals surface area contributed by atoms with Gasteiger partial charge in [0.15, 0.2) is 0 Å². The summed E-state index contributed by atoms with van der Waals surface area (Å²) < 4.78 is 6.47. The highest BCUT2D eigenvalue weighted by Gasteiger charge is 2.55. The van der Waals surface area contributed by atoms with E-state index in [9.17, 15) is 39.0 Å². The van der Waals surface area contributed by atoms with Crippen molar-refractivity contribution in [2.45, 2.75) is 24.5 Å². The van der Waals surface area contributed by atoms with E-state index in [2.05, 4.69) is 31.6 Å². The fraction of sp³-hybridized carbons (Fsp3) is 0.114. The molecule has 18 nitrogen and oxygen atoms in total. The molecule has 2 atom stereocenters. The molecule has 4 aromatic carbocycles. The van der Waals surface area contributed by atoms with Gasteiger partial charge in [-0.3, -0.25) is 25.1 Å². The Bertz CT molecular complexity index is 2220. The zero-order chi connectivity index (χ0) is 38.4. The second-order valence-corrected chi connectivity index (χ2v) is 12.1. The monoisotopic (exact) mass is 753 g/mol. The molecule has 0 saturated carbocycles. The summed E-state index contributed by atoms with van der Waals surface area (Å²) >= 11 is 6.28. The highest BCUT2D eigenvalue weighted by Crippen LogP contribution is 2.38. The van der Waals surface area contributed by atoms with E-state index in [0.29, 0.717) is 32.5 Å². The fourth-order valence-electron chi connectivity index (χ4n) is 5.85. The molecule has 1 aliphatic rings. The van der Waals surface area contributed by atoms with Gasteiger partial charge in [-0.1, -0.05) is 60.1 Å². The van der Waals surface area contributed by atoms with Crippen LogP contribution in [0.25, 0.3) is 5.69 Å². The topological polar surface area (TPSA) is 238 Å². The van der Waals surface area contributed by atoms with Crippen molar-refractivity contribution in [1.29, 1.82) is 0 Å². The van der Waals surface area contributed by atoms with Gasteiger partial charge in [0.2, 0.25) is 17.9 Å². The van der Waals surface area contributed by atoms with Gasteiger partial charge in [-0.25, -0.2) is 24.3 Å². The molecular weight excluding hydrogens is 726 g/mol. The third-order valence-electron chi connectivity index (χ3n) is 8.27.